The summed E-state index contributed by atoms with van der Waals surface area (Å²) in [6.45, 7) is 0. The average Bonchev–Trinajstić information content (AvgIpc) is 2.88. The highest BCUT2D eigenvalue weighted by Crippen LogP contribution is 2.14. The fraction of sp³-hybridized carbons (Fsp3) is 0. The lowest BCUT2D eigenvalue weighted by atomic mass is 10.2. The fourth-order valence-electron chi connectivity index (χ4n) is 1.20. The van der Waals surface area contributed by atoms with Crippen molar-refractivity contribution in [3.63, 3.8) is 0 Å². The highest BCUT2D eigenvalue weighted by Gasteiger charge is 2.07. The topological polar surface area (TPSA) is 92.4 Å². The van der Waals surface area contributed by atoms with E-state index in [1.807, 2.05) is 35.8 Å². The van der Waals surface area contributed by atoms with Crippen molar-refractivity contribution in [1.29, 1.82) is 0 Å². The molecule has 0 aliphatic rings. The van der Waals surface area contributed by atoms with Crippen LogP contribution in [0.4, 0.5) is 5.13 Å². The molecule has 0 aliphatic heterocycles. The van der Waals surface area contributed by atoms with E-state index in [0.29, 0.717) is 5.13 Å². The summed E-state index contributed by atoms with van der Waals surface area (Å²) >= 11 is 1.28. The molecule has 2 aromatic rings. The Labute approximate surface area is 108 Å². The third kappa shape index (κ3) is 3.12. The van der Waals surface area contributed by atoms with Crippen LogP contribution < -0.4 is 16.7 Å². The van der Waals surface area contributed by atoms with Gasteiger partial charge in [-0.05, 0) is 5.56 Å². The van der Waals surface area contributed by atoms with Gasteiger partial charge in [-0.25, -0.2) is 10.8 Å². The first kappa shape index (κ1) is 12.2. The van der Waals surface area contributed by atoms with Crippen LogP contribution in [0.2, 0.25) is 0 Å². The number of rotatable bonds is 4. The standard InChI is InChI=1S/C11H11N5OS/c12-15-10(17)9-7-18-11(14-9)16-13-6-8-4-2-1-3-5-8/h1-7H,12H2,(H,14,16)(H,15,17)/b13-6+. The van der Waals surface area contributed by atoms with Gasteiger partial charge in [0, 0.05) is 5.38 Å². The molecule has 0 spiro atoms. The molecule has 0 saturated heterocycles. The van der Waals surface area contributed by atoms with Crippen LogP contribution in [0.5, 0.6) is 0 Å². The summed E-state index contributed by atoms with van der Waals surface area (Å²) in [6, 6.07) is 9.65. The average molecular weight is 261 g/mol. The Morgan fingerprint density at radius 3 is 2.89 bits per heavy atom. The van der Waals surface area contributed by atoms with Gasteiger partial charge in [-0.15, -0.1) is 11.3 Å². The number of carbonyl (C=O) groups is 1. The van der Waals surface area contributed by atoms with E-state index < -0.39 is 5.91 Å². The van der Waals surface area contributed by atoms with E-state index in [1.165, 1.54) is 11.3 Å². The SMILES string of the molecule is NNC(=O)c1csc(N/N=C/c2ccccc2)n1. The second-order valence-electron chi connectivity index (χ2n) is 3.29. The molecule has 2 rings (SSSR count). The molecule has 1 heterocycles. The van der Waals surface area contributed by atoms with Crippen LogP contribution >= 0.6 is 11.3 Å². The van der Waals surface area contributed by atoms with Gasteiger partial charge >= 0.3 is 0 Å². The van der Waals surface area contributed by atoms with Crippen LogP contribution in [0.25, 0.3) is 0 Å². The van der Waals surface area contributed by atoms with E-state index in [2.05, 4.69) is 15.5 Å². The van der Waals surface area contributed by atoms with Gasteiger partial charge in [-0.1, -0.05) is 30.3 Å². The number of hydrazone groups is 1. The number of hydrogen-bond donors (Lipinski definition) is 3. The molecule has 1 amide bonds. The molecule has 0 bridgehead atoms. The zero-order chi connectivity index (χ0) is 12.8. The molecular weight excluding hydrogens is 250 g/mol. The van der Waals surface area contributed by atoms with E-state index in [9.17, 15) is 4.79 Å². The second kappa shape index (κ2) is 5.89. The van der Waals surface area contributed by atoms with E-state index in [1.54, 1.807) is 11.6 Å². The van der Waals surface area contributed by atoms with Gasteiger partial charge in [0.2, 0.25) is 5.13 Å². The summed E-state index contributed by atoms with van der Waals surface area (Å²) in [5.41, 5.74) is 6.00. The van der Waals surface area contributed by atoms with Crippen molar-refractivity contribution in [2.75, 3.05) is 5.43 Å². The summed E-state index contributed by atoms with van der Waals surface area (Å²) in [4.78, 5) is 15.2. The van der Waals surface area contributed by atoms with Gasteiger partial charge in [-0.3, -0.25) is 15.6 Å². The Bertz CT molecular complexity index is 552. The molecular formula is C11H11N5OS. The molecule has 0 aliphatic carbocycles. The number of aromatic nitrogens is 1. The van der Waals surface area contributed by atoms with E-state index in [0.717, 1.165) is 5.56 Å². The molecule has 92 valence electrons. The predicted octanol–water partition coefficient (Wildman–Crippen LogP) is 1.19. The minimum atomic E-state index is -0.425. The number of nitrogens with two attached hydrogens (primary N) is 1. The lowest BCUT2D eigenvalue weighted by Gasteiger charge is -1.94. The molecule has 0 saturated carbocycles. The first-order valence-corrected chi connectivity index (χ1v) is 5.98. The Hall–Kier alpha value is -2.25. The fourth-order valence-corrected chi connectivity index (χ4v) is 1.84. The van der Waals surface area contributed by atoms with Gasteiger partial charge in [0.1, 0.15) is 5.69 Å². The Morgan fingerprint density at radius 1 is 1.39 bits per heavy atom. The number of carbonyl (C=O) groups excluding carboxylic acids is 1. The van der Waals surface area contributed by atoms with Crippen molar-refractivity contribution < 1.29 is 4.79 Å². The molecule has 1 aromatic heterocycles. The van der Waals surface area contributed by atoms with Crippen LogP contribution in [0.1, 0.15) is 16.1 Å². The first-order chi connectivity index (χ1) is 8.79. The Balaban J connectivity index is 1.96. The molecule has 7 heteroatoms. The molecule has 4 N–H and O–H groups in total. The van der Waals surface area contributed by atoms with Gasteiger partial charge < -0.3 is 0 Å². The molecule has 0 unspecified atom stereocenters. The number of anilines is 1. The Morgan fingerprint density at radius 2 is 2.17 bits per heavy atom. The molecule has 6 nitrogen and oxygen atoms in total. The van der Waals surface area contributed by atoms with Crippen molar-refractivity contribution in [2.24, 2.45) is 10.9 Å². The largest absolute Gasteiger partial charge is 0.289 e. The zero-order valence-corrected chi connectivity index (χ0v) is 10.1. The van der Waals surface area contributed by atoms with E-state index >= 15 is 0 Å². The van der Waals surface area contributed by atoms with Gasteiger partial charge in [0.25, 0.3) is 5.91 Å². The third-order valence-electron chi connectivity index (χ3n) is 2.04. The van der Waals surface area contributed by atoms with Crippen LogP contribution in [0, 0.1) is 0 Å². The molecule has 0 radical (unpaired) electrons. The van der Waals surface area contributed by atoms with Crippen LogP contribution in [0.15, 0.2) is 40.8 Å². The maximum atomic E-state index is 11.2. The monoisotopic (exact) mass is 261 g/mol. The molecule has 18 heavy (non-hydrogen) atoms. The molecule has 0 atom stereocenters. The number of nitrogens with zero attached hydrogens (tertiary/aromatic N) is 2. The number of benzene rings is 1. The summed E-state index contributed by atoms with van der Waals surface area (Å²) in [7, 11) is 0. The quantitative estimate of drug-likeness (QED) is 0.333. The van der Waals surface area contributed by atoms with Gasteiger partial charge in [0.15, 0.2) is 0 Å². The van der Waals surface area contributed by atoms with Gasteiger partial charge in [-0.2, -0.15) is 5.10 Å². The Kier molecular flexibility index (Phi) is 4.00. The predicted molar refractivity (Wildman–Crippen MR) is 71.4 cm³/mol. The maximum absolute atomic E-state index is 11.2. The highest BCUT2D eigenvalue weighted by atomic mass is 32.1. The molecule has 0 fully saturated rings. The normalized spacial score (nSPS) is 10.5. The number of hydrogen-bond acceptors (Lipinski definition) is 6. The second-order valence-corrected chi connectivity index (χ2v) is 4.15. The number of nitrogen functional groups attached to an aromatic ring is 1. The number of hydrazine groups is 1. The lowest BCUT2D eigenvalue weighted by Crippen LogP contribution is -2.30. The van der Waals surface area contributed by atoms with Crippen molar-refractivity contribution in [2.45, 2.75) is 0 Å². The highest BCUT2D eigenvalue weighted by molar-refractivity contribution is 7.13. The third-order valence-corrected chi connectivity index (χ3v) is 2.79. The van der Waals surface area contributed by atoms with Gasteiger partial charge in [0.05, 0.1) is 6.21 Å². The first-order valence-electron chi connectivity index (χ1n) is 5.10. The summed E-state index contributed by atoms with van der Waals surface area (Å²) in [5.74, 6) is 4.58. The van der Waals surface area contributed by atoms with Crippen LogP contribution in [-0.4, -0.2) is 17.1 Å². The minimum absolute atomic E-state index is 0.264. The van der Waals surface area contributed by atoms with E-state index in [-0.39, 0.29) is 5.69 Å². The van der Waals surface area contributed by atoms with Crippen LogP contribution in [-0.2, 0) is 0 Å². The van der Waals surface area contributed by atoms with E-state index in [4.69, 9.17) is 5.84 Å². The van der Waals surface area contributed by atoms with Crippen molar-refractivity contribution >= 4 is 28.6 Å². The summed E-state index contributed by atoms with van der Waals surface area (Å²) < 4.78 is 0. The smallest absolute Gasteiger partial charge is 0.284 e. The molecule has 1 aromatic carbocycles. The summed E-state index contributed by atoms with van der Waals surface area (Å²) in [5, 5.41) is 6.15. The van der Waals surface area contributed by atoms with Crippen molar-refractivity contribution in [1.82, 2.24) is 10.4 Å². The lowest BCUT2D eigenvalue weighted by molar-refractivity contribution is 0.0949. The maximum Gasteiger partial charge on any atom is 0.284 e. The number of amides is 1. The zero-order valence-electron chi connectivity index (χ0n) is 9.33. The number of nitrogens with one attached hydrogen (secondary N) is 2. The van der Waals surface area contributed by atoms with Crippen LogP contribution in [0.3, 0.4) is 0 Å². The van der Waals surface area contributed by atoms with Crippen molar-refractivity contribution in [3.05, 3.63) is 47.0 Å². The summed E-state index contributed by atoms with van der Waals surface area (Å²) in [6.07, 6.45) is 1.67. The van der Waals surface area contributed by atoms with Crippen molar-refractivity contribution in [3.8, 4) is 0 Å². The number of thiazole rings is 1. The minimum Gasteiger partial charge on any atom is -0.289 e.